The molecule has 0 bridgehead atoms. The fourth-order valence-electron chi connectivity index (χ4n) is 4.89. The quantitative estimate of drug-likeness (QED) is 0.539. The number of rotatable bonds is 5. The zero-order valence-corrected chi connectivity index (χ0v) is 20.3. The van der Waals surface area contributed by atoms with Gasteiger partial charge >= 0.3 is 6.18 Å². The number of aromatic nitrogens is 2. The maximum Gasteiger partial charge on any atom is 0.435 e. The van der Waals surface area contributed by atoms with E-state index < -0.39 is 24.4 Å². The first-order valence-electron chi connectivity index (χ1n) is 11.9. The summed E-state index contributed by atoms with van der Waals surface area (Å²) in [6.07, 6.45) is -2.91. The van der Waals surface area contributed by atoms with E-state index in [0.29, 0.717) is 30.1 Å². The highest BCUT2D eigenvalue weighted by Gasteiger charge is 2.40. The summed E-state index contributed by atoms with van der Waals surface area (Å²) in [5.74, 6) is 0.900. The first-order valence-corrected chi connectivity index (χ1v) is 11.9. The summed E-state index contributed by atoms with van der Waals surface area (Å²) >= 11 is 0. The Morgan fingerprint density at radius 3 is 2.62 bits per heavy atom. The molecule has 1 unspecified atom stereocenters. The molecule has 0 spiro atoms. The molecule has 0 aliphatic carbocycles. The molecule has 0 fully saturated rings. The van der Waals surface area contributed by atoms with Crippen LogP contribution in [0.25, 0.3) is 11.1 Å². The van der Waals surface area contributed by atoms with Gasteiger partial charge in [0, 0.05) is 35.9 Å². The molecule has 1 aromatic heterocycles. The fourth-order valence-corrected chi connectivity index (χ4v) is 4.89. The van der Waals surface area contributed by atoms with Gasteiger partial charge in [-0.15, -0.1) is 0 Å². The molecule has 0 saturated heterocycles. The van der Waals surface area contributed by atoms with Crippen molar-refractivity contribution in [3.63, 3.8) is 0 Å². The van der Waals surface area contributed by atoms with Gasteiger partial charge in [0.1, 0.15) is 23.9 Å². The summed E-state index contributed by atoms with van der Waals surface area (Å²) in [6, 6.07) is 7.93. The van der Waals surface area contributed by atoms with Gasteiger partial charge < -0.3 is 24.2 Å². The van der Waals surface area contributed by atoms with Crippen LogP contribution in [-0.2, 0) is 19.3 Å². The molecule has 2 aliphatic heterocycles. The summed E-state index contributed by atoms with van der Waals surface area (Å²) in [5.41, 5.74) is -0.0498. The van der Waals surface area contributed by atoms with Gasteiger partial charge in [-0.25, -0.2) is 0 Å². The van der Waals surface area contributed by atoms with Crippen LogP contribution in [0.3, 0.4) is 0 Å². The Morgan fingerprint density at radius 1 is 1.14 bits per heavy atom. The van der Waals surface area contributed by atoms with E-state index in [1.165, 1.54) is 23.0 Å². The zero-order valence-electron chi connectivity index (χ0n) is 20.3. The van der Waals surface area contributed by atoms with E-state index in [-0.39, 0.29) is 48.2 Å². The molecule has 5 rings (SSSR count). The number of fused-ring (bicyclic) bond motifs is 2. The van der Waals surface area contributed by atoms with Gasteiger partial charge in [0.05, 0.1) is 38.5 Å². The number of halogens is 3. The molecule has 0 radical (unpaired) electrons. The Kier molecular flexibility index (Phi) is 6.49. The molecule has 2 aromatic carbocycles. The van der Waals surface area contributed by atoms with Crippen molar-refractivity contribution in [1.29, 1.82) is 0 Å². The van der Waals surface area contributed by atoms with Gasteiger partial charge in [0.25, 0.3) is 5.91 Å². The van der Waals surface area contributed by atoms with Crippen LogP contribution in [0.2, 0.25) is 0 Å². The maximum atomic E-state index is 13.9. The van der Waals surface area contributed by atoms with Gasteiger partial charge in [-0.05, 0) is 42.8 Å². The standard InChI is InChI=1S/C26H26F3N3O5/c1-3-31-13-20(24(30-31)26(27,28)29)17-10-15(14-33)11-19-23(17)37-9-7-32(25(19)34)21-6-8-36-22-5-4-16(35-2)12-18(21)22/h4-5,10-13,21,33H,3,6-9,14H2,1-2H3. The number of aryl methyl sites for hydroxylation is 1. The second-order valence-electron chi connectivity index (χ2n) is 8.83. The van der Waals surface area contributed by atoms with Crippen molar-refractivity contribution in [1.82, 2.24) is 14.7 Å². The highest BCUT2D eigenvalue weighted by atomic mass is 19.4. The second kappa shape index (κ2) is 9.62. The predicted octanol–water partition coefficient (Wildman–Crippen LogP) is 4.45. The third-order valence-corrected chi connectivity index (χ3v) is 6.65. The third kappa shape index (κ3) is 4.48. The lowest BCUT2D eigenvalue weighted by Gasteiger charge is -2.35. The summed E-state index contributed by atoms with van der Waals surface area (Å²) in [5, 5.41) is 13.6. The van der Waals surface area contributed by atoms with Gasteiger partial charge in [0.2, 0.25) is 0 Å². The van der Waals surface area contributed by atoms with Crippen molar-refractivity contribution in [3.05, 3.63) is 58.9 Å². The SMILES string of the molecule is CCn1cc(-c2cc(CO)cc3c2OCCN(C2CCOc4ccc(OC)cc42)C3=O)c(C(F)(F)F)n1. The fraction of sp³-hybridized carbons (Fsp3) is 0.385. The Hall–Kier alpha value is -3.73. The summed E-state index contributed by atoms with van der Waals surface area (Å²) in [7, 11) is 1.55. The molecule has 37 heavy (non-hydrogen) atoms. The lowest BCUT2D eigenvalue weighted by molar-refractivity contribution is -0.141. The van der Waals surface area contributed by atoms with Crippen LogP contribution in [0.15, 0.2) is 36.5 Å². The van der Waals surface area contributed by atoms with Crippen molar-refractivity contribution in [2.75, 3.05) is 26.9 Å². The number of aliphatic hydroxyl groups excluding tert-OH is 1. The van der Waals surface area contributed by atoms with Gasteiger partial charge in [-0.3, -0.25) is 9.48 Å². The Labute approximate surface area is 211 Å². The molecule has 1 amide bonds. The molecule has 196 valence electrons. The second-order valence-corrected chi connectivity index (χ2v) is 8.83. The molecular weight excluding hydrogens is 491 g/mol. The van der Waals surface area contributed by atoms with Crippen molar-refractivity contribution in [2.45, 2.75) is 38.7 Å². The number of aliphatic hydroxyl groups is 1. The van der Waals surface area contributed by atoms with E-state index in [9.17, 15) is 23.1 Å². The van der Waals surface area contributed by atoms with Crippen LogP contribution >= 0.6 is 0 Å². The number of hydrogen-bond acceptors (Lipinski definition) is 6. The van der Waals surface area contributed by atoms with Crippen LogP contribution in [0, 0.1) is 0 Å². The summed E-state index contributed by atoms with van der Waals surface area (Å²) in [6.45, 7) is 2.13. The minimum atomic E-state index is -4.72. The zero-order chi connectivity index (χ0) is 26.3. The summed E-state index contributed by atoms with van der Waals surface area (Å²) in [4.78, 5) is 15.6. The number of methoxy groups -OCH3 is 1. The van der Waals surface area contributed by atoms with Gasteiger partial charge in [-0.2, -0.15) is 18.3 Å². The number of carbonyl (C=O) groups is 1. The molecule has 3 aromatic rings. The van der Waals surface area contributed by atoms with E-state index >= 15 is 0 Å². The van der Waals surface area contributed by atoms with Crippen molar-refractivity contribution >= 4 is 5.91 Å². The van der Waals surface area contributed by atoms with E-state index in [1.807, 2.05) is 6.07 Å². The monoisotopic (exact) mass is 517 g/mol. The normalized spacial score (nSPS) is 17.4. The van der Waals surface area contributed by atoms with Gasteiger partial charge in [-0.1, -0.05) is 0 Å². The van der Waals surface area contributed by atoms with Crippen LogP contribution in [0.5, 0.6) is 17.2 Å². The van der Waals surface area contributed by atoms with Crippen LogP contribution in [0.1, 0.15) is 46.6 Å². The highest BCUT2D eigenvalue weighted by Crippen LogP contribution is 2.45. The molecular formula is C26H26F3N3O5. The average Bonchev–Trinajstić information content (AvgIpc) is 3.28. The molecule has 1 atom stereocenters. The lowest BCUT2D eigenvalue weighted by Crippen LogP contribution is -2.38. The van der Waals surface area contributed by atoms with E-state index in [1.54, 1.807) is 31.1 Å². The van der Waals surface area contributed by atoms with E-state index in [2.05, 4.69) is 5.10 Å². The number of ether oxygens (including phenoxy) is 3. The first kappa shape index (κ1) is 24.9. The van der Waals surface area contributed by atoms with Crippen LogP contribution in [0.4, 0.5) is 13.2 Å². The minimum absolute atomic E-state index is 0.0452. The largest absolute Gasteiger partial charge is 0.497 e. The van der Waals surface area contributed by atoms with E-state index in [0.717, 1.165) is 5.56 Å². The smallest absolute Gasteiger partial charge is 0.435 e. The number of carbonyl (C=O) groups excluding carboxylic acids is 1. The summed E-state index contributed by atoms with van der Waals surface area (Å²) < 4.78 is 60.0. The first-order chi connectivity index (χ1) is 17.7. The molecule has 11 heteroatoms. The highest BCUT2D eigenvalue weighted by molar-refractivity contribution is 6.00. The van der Waals surface area contributed by atoms with Gasteiger partial charge in [0.15, 0.2) is 5.69 Å². The number of hydrogen-bond donors (Lipinski definition) is 1. The molecule has 3 heterocycles. The molecule has 1 N–H and O–H groups in total. The maximum absolute atomic E-state index is 13.9. The molecule has 8 nitrogen and oxygen atoms in total. The molecule has 2 aliphatic rings. The average molecular weight is 518 g/mol. The van der Waals surface area contributed by atoms with E-state index in [4.69, 9.17) is 14.2 Å². The number of amides is 1. The lowest BCUT2D eigenvalue weighted by atomic mass is 9.95. The van der Waals surface area contributed by atoms with Crippen LogP contribution < -0.4 is 14.2 Å². The van der Waals surface area contributed by atoms with Crippen molar-refractivity contribution < 1.29 is 37.3 Å². The minimum Gasteiger partial charge on any atom is -0.497 e. The van der Waals surface area contributed by atoms with Crippen molar-refractivity contribution in [2.24, 2.45) is 0 Å². The number of benzene rings is 2. The predicted molar refractivity (Wildman–Crippen MR) is 127 cm³/mol. The third-order valence-electron chi connectivity index (χ3n) is 6.65. The van der Waals surface area contributed by atoms with Crippen LogP contribution in [-0.4, -0.2) is 52.6 Å². The number of nitrogens with zero attached hydrogens (tertiary/aromatic N) is 3. The Balaban J connectivity index is 1.63. The topological polar surface area (TPSA) is 86.0 Å². The Morgan fingerprint density at radius 2 is 1.92 bits per heavy atom. The number of alkyl halides is 3. The molecule has 0 saturated carbocycles. The Bertz CT molecular complexity index is 1340. The van der Waals surface area contributed by atoms with Crippen molar-refractivity contribution in [3.8, 4) is 28.4 Å².